The Labute approximate surface area is 132 Å². The van der Waals surface area contributed by atoms with Crippen molar-refractivity contribution < 1.29 is 9.57 Å². The molecule has 0 atom stereocenters. The molecular weight excluding hydrogens is 274 g/mol. The maximum Gasteiger partial charge on any atom is 0.151 e. The van der Waals surface area contributed by atoms with Gasteiger partial charge in [-0.05, 0) is 42.2 Å². The van der Waals surface area contributed by atoms with Gasteiger partial charge in [0.2, 0.25) is 0 Å². The number of nitrogens with zero attached hydrogens (tertiary/aromatic N) is 1. The number of ether oxygens (including phenoxy) is 1. The minimum atomic E-state index is 0.422. The van der Waals surface area contributed by atoms with E-state index in [1.165, 1.54) is 5.56 Å². The second-order valence-corrected chi connectivity index (χ2v) is 4.86. The first kappa shape index (κ1) is 16.1. The fraction of sp³-hybridized carbons (Fsp3) is 0.316. The molecule has 3 nitrogen and oxygen atoms in total. The third-order valence-corrected chi connectivity index (χ3v) is 3.33. The molecule has 0 fully saturated rings. The van der Waals surface area contributed by atoms with E-state index in [4.69, 9.17) is 9.57 Å². The van der Waals surface area contributed by atoms with Crippen LogP contribution in [-0.2, 0) is 11.3 Å². The number of oxime groups is 1. The molecule has 0 amide bonds. The van der Waals surface area contributed by atoms with Crippen LogP contribution in [0.5, 0.6) is 5.75 Å². The highest BCUT2D eigenvalue weighted by Gasteiger charge is 2.02. The zero-order valence-corrected chi connectivity index (χ0v) is 13.2. The third kappa shape index (κ3) is 4.92. The Morgan fingerprint density at radius 3 is 2.55 bits per heavy atom. The number of benzene rings is 2. The molecule has 0 aliphatic heterocycles. The van der Waals surface area contributed by atoms with Crippen molar-refractivity contribution >= 4 is 5.71 Å². The van der Waals surface area contributed by atoms with Gasteiger partial charge in [-0.15, -0.1) is 0 Å². The van der Waals surface area contributed by atoms with Crippen molar-refractivity contribution in [3.63, 3.8) is 0 Å². The summed E-state index contributed by atoms with van der Waals surface area (Å²) in [6.45, 7) is 5.11. The highest BCUT2D eigenvalue weighted by atomic mass is 16.6. The van der Waals surface area contributed by atoms with Gasteiger partial charge in [0.1, 0.15) is 12.4 Å². The smallest absolute Gasteiger partial charge is 0.151 e. The Balaban J connectivity index is 1.81. The van der Waals surface area contributed by atoms with Crippen LogP contribution in [0.4, 0.5) is 0 Å². The van der Waals surface area contributed by atoms with E-state index in [-0.39, 0.29) is 0 Å². The molecule has 0 saturated heterocycles. The van der Waals surface area contributed by atoms with Crippen LogP contribution >= 0.6 is 0 Å². The van der Waals surface area contributed by atoms with Crippen LogP contribution in [-0.4, -0.2) is 18.9 Å². The number of rotatable bonds is 8. The topological polar surface area (TPSA) is 30.8 Å². The van der Waals surface area contributed by atoms with E-state index in [0.29, 0.717) is 13.2 Å². The number of hydrogen-bond acceptors (Lipinski definition) is 3. The lowest BCUT2D eigenvalue weighted by molar-refractivity contribution is 0.107. The highest BCUT2D eigenvalue weighted by Crippen LogP contribution is 2.09. The van der Waals surface area contributed by atoms with Crippen molar-refractivity contribution in [2.45, 2.75) is 26.7 Å². The molecule has 0 bridgehead atoms. The summed E-state index contributed by atoms with van der Waals surface area (Å²) < 4.78 is 5.53. The summed E-state index contributed by atoms with van der Waals surface area (Å²) in [5, 5.41) is 4.23. The summed E-state index contributed by atoms with van der Waals surface area (Å²) in [6.07, 6.45) is 1.88. The Bertz CT molecular complexity index is 576. The van der Waals surface area contributed by atoms with Gasteiger partial charge < -0.3 is 9.57 Å². The van der Waals surface area contributed by atoms with E-state index >= 15 is 0 Å². The fourth-order valence-electron chi connectivity index (χ4n) is 2.04. The SMILES string of the molecule is CCC(=NOCCOc1c[c]ccc1)c1ccc(CC)cc1. The molecule has 115 valence electrons. The Hall–Kier alpha value is -2.29. The van der Waals surface area contributed by atoms with E-state index in [1.54, 1.807) is 6.07 Å². The first-order chi connectivity index (χ1) is 10.8. The summed E-state index contributed by atoms with van der Waals surface area (Å²) in [6, 6.07) is 18.9. The quantitative estimate of drug-likeness (QED) is 0.414. The van der Waals surface area contributed by atoms with Crippen LogP contribution < -0.4 is 4.74 Å². The first-order valence-electron chi connectivity index (χ1n) is 7.70. The molecule has 2 rings (SSSR count). The molecular formula is C19H22NO2. The van der Waals surface area contributed by atoms with Crippen molar-refractivity contribution in [2.75, 3.05) is 13.2 Å². The molecule has 0 unspecified atom stereocenters. The molecule has 0 spiro atoms. The molecule has 0 aromatic heterocycles. The van der Waals surface area contributed by atoms with E-state index in [1.807, 2.05) is 18.2 Å². The normalized spacial score (nSPS) is 11.3. The molecule has 0 N–H and O–H groups in total. The third-order valence-electron chi connectivity index (χ3n) is 3.33. The van der Waals surface area contributed by atoms with Gasteiger partial charge in [0, 0.05) is 0 Å². The van der Waals surface area contributed by atoms with Crippen LogP contribution in [0.25, 0.3) is 0 Å². The lowest BCUT2D eigenvalue weighted by Crippen LogP contribution is -2.06. The standard InChI is InChI=1S/C19H22NO2/c1-3-16-10-12-17(13-11-16)19(4-2)20-22-15-14-21-18-8-6-5-7-9-18/h5-6,8-13H,3-4,14-15H2,1-2H3. The van der Waals surface area contributed by atoms with Crippen LogP contribution in [0.15, 0.2) is 53.7 Å². The number of aryl methyl sites for hydroxylation is 1. The highest BCUT2D eigenvalue weighted by molar-refractivity contribution is 6.00. The summed E-state index contributed by atoms with van der Waals surface area (Å²) in [5.41, 5.74) is 3.39. The second kappa shape index (κ2) is 8.88. The van der Waals surface area contributed by atoms with Crippen LogP contribution in [0, 0.1) is 6.07 Å². The predicted octanol–water partition coefficient (Wildman–Crippen LogP) is 4.26. The lowest BCUT2D eigenvalue weighted by atomic mass is 10.1. The average Bonchev–Trinajstić information content (AvgIpc) is 2.59. The minimum Gasteiger partial charge on any atom is -0.490 e. The monoisotopic (exact) mass is 296 g/mol. The molecule has 0 aliphatic carbocycles. The number of hydrogen-bond donors (Lipinski definition) is 0. The first-order valence-corrected chi connectivity index (χ1v) is 7.70. The van der Waals surface area contributed by atoms with Crippen molar-refractivity contribution in [1.82, 2.24) is 0 Å². The Morgan fingerprint density at radius 2 is 1.91 bits per heavy atom. The van der Waals surface area contributed by atoms with Gasteiger partial charge in [0.05, 0.1) is 5.71 Å². The molecule has 3 heteroatoms. The van der Waals surface area contributed by atoms with Crippen molar-refractivity contribution in [1.29, 1.82) is 0 Å². The minimum absolute atomic E-state index is 0.422. The largest absolute Gasteiger partial charge is 0.490 e. The van der Waals surface area contributed by atoms with Gasteiger partial charge in [-0.2, -0.15) is 0 Å². The molecule has 22 heavy (non-hydrogen) atoms. The fourth-order valence-corrected chi connectivity index (χ4v) is 2.04. The summed E-state index contributed by atoms with van der Waals surface area (Å²) >= 11 is 0. The van der Waals surface area contributed by atoms with Gasteiger partial charge in [0.25, 0.3) is 0 Å². The molecule has 2 aromatic rings. The van der Waals surface area contributed by atoms with Crippen LogP contribution in [0.1, 0.15) is 31.4 Å². The Kier molecular flexibility index (Phi) is 6.49. The van der Waals surface area contributed by atoms with E-state index in [0.717, 1.165) is 29.9 Å². The predicted molar refractivity (Wildman–Crippen MR) is 89.4 cm³/mol. The average molecular weight is 296 g/mol. The lowest BCUT2D eigenvalue weighted by Gasteiger charge is -2.07. The van der Waals surface area contributed by atoms with E-state index < -0.39 is 0 Å². The molecule has 2 aromatic carbocycles. The summed E-state index contributed by atoms with van der Waals surface area (Å²) in [5.74, 6) is 0.793. The van der Waals surface area contributed by atoms with Gasteiger partial charge in [-0.1, -0.05) is 55.4 Å². The van der Waals surface area contributed by atoms with Gasteiger partial charge >= 0.3 is 0 Å². The van der Waals surface area contributed by atoms with Gasteiger partial charge in [-0.25, -0.2) is 0 Å². The molecule has 0 saturated carbocycles. The maximum atomic E-state index is 5.53. The van der Waals surface area contributed by atoms with Crippen molar-refractivity contribution in [3.05, 3.63) is 65.7 Å². The van der Waals surface area contributed by atoms with Crippen molar-refractivity contribution in [3.8, 4) is 5.75 Å². The Morgan fingerprint density at radius 1 is 1.09 bits per heavy atom. The zero-order valence-electron chi connectivity index (χ0n) is 13.2. The zero-order chi connectivity index (χ0) is 15.6. The van der Waals surface area contributed by atoms with E-state index in [9.17, 15) is 0 Å². The van der Waals surface area contributed by atoms with Crippen molar-refractivity contribution in [2.24, 2.45) is 5.16 Å². The van der Waals surface area contributed by atoms with Gasteiger partial charge in [-0.3, -0.25) is 0 Å². The molecule has 0 aliphatic rings. The van der Waals surface area contributed by atoms with Crippen LogP contribution in [0.3, 0.4) is 0 Å². The van der Waals surface area contributed by atoms with Crippen LogP contribution in [0.2, 0.25) is 0 Å². The van der Waals surface area contributed by atoms with E-state index in [2.05, 4.69) is 49.3 Å². The molecule has 1 radical (unpaired) electrons. The van der Waals surface area contributed by atoms with Gasteiger partial charge in [0.15, 0.2) is 6.61 Å². The molecule has 0 heterocycles. The maximum absolute atomic E-state index is 5.53. The second-order valence-electron chi connectivity index (χ2n) is 4.86. The summed E-state index contributed by atoms with van der Waals surface area (Å²) in [4.78, 5) is 5.37. The summed E-state index contributed by atoms with van der Waals surface area (Å²) in [7, 11) is 0.